The molecule has 26 heavy (non-hydrogen) atoms. The highest BCUT2D eigenvalue weighted by atomic mass is 32.2. The molecule has 1 fully saturated rings. The van der Waals surface area contributed by atoms with E-state index >= 15 is 0 Å². The Bertz CT molecular complexity index is 957. The molecule has 1 atom stereocenters. The van der Waals surface area contributed by atoms with Crippen molar-refractivity contribution < 1.29 is 18.1 Å². The third-order valence-corrected chi connectivity index (χ3v) is 6.77. The third kappa shape index (κ3) is 3.32. The van der Waals surface area contributed by atoms with Gasteiger partial charge in [0.15, 0.2) is 9.84 Å². The van der Waals surface area contributed by atoms with E-state index in [0.29, 0.717) is 24.1 Å². The SMILES string of the molecule is Cc1cc(C(=O)N2CCC(S(=O)(=O)c3ccccc3)C2)ccc1[N+](=O)[O-]. The number of nitrogens with zero attached hydrogens (tertiary/aromatic N) is 2. The van der Waals surface area contributed by atoms with Crippen LogP contribution in [0.2, 0.25) is 0 Å². The molecule has 8 heteroatoms. The summed E-state index contributed by atoms with van der Waals surface area (Å²) < 4.78 is 25.4. The number of nitro benzene ring substituents is 1. The Labute approximate surface area is 151 Å². The van der Waals surface area contributed by atoms with E-state index in [-0.39, 0.29) is 23.0 Å². The van der Waals surface area contributed by atoms with Gasteiger partial charge >= 0.3 is 0 Å². The maximum Gasteiger partial charge on any atom is 0.272 e. The summed E-state index contributed by atoms with van der Waals surface area (Å²) in [6.07, 6.45) is 0.370. The second-order valence-electron chi connectivity index (χ2n) is 6.28. The molecule has 2 aromatic carbocycles. The molecule has 0 bridgehead atoms. The Kier molecular flexibility index (Phi) is 4.78. The van der Waals surface area contributed by atoms with Gasteiger partial charge in [0.2, 0.25) is 0 Å². The number of hydrogen-bond donors (Lipinski definition) is 0. The molecule has 0 N–H and O–H groups in total. The molecule has 1 saturated heterocycles. The summed E-state index contributed by atoms with van der Waals surface area (Å²) in [4.78, 5) is 24.8. The van der Waals surface area contributed by atoms with Gasteiger partial charge in [-0.1, -0.05) is 18.2 Å². The molecule has 0 saturated carbocycles. The van der Waals surface area contributed by atoms with Crippen molar-refractivity contribution >= 4 is 21.4 Å². The molecule has 1 unspecified atom stereocenters. The zero-order chi connectivity index (χ0) is 18.9. The van der Waals surface area contributed by atoms with Gasteiger partial charge in [0.1, 0.15) is 0 Å². The molecule has 1 aliphatic rings. The molecule has 1 amide bonds. The van der Waals surface area contributed by atoms with Crippen LogP contribution in [0.1, 0.15) is 22.3 Å². The normalized spacial score (nSPS) is 17.3. The van der Waals surface area contributed by atoms with Crippen molar-refractivity contribution in [3.8, 4) is 0 Å². The molecule has 0 aromatic heterocycles. The summed E-state index contributed by atoms with van der Waals surface area (Å²) in [6.45, 7) is 2.03. The highest BCUT2D eigenvalue weighted by Gasteiger charge is 2.36. The minimum absolute atomic E-state index is 0.0486. The van der Waals surface area contributed by atoms with Gasteiger partial charge in [-0.05, 0) is 37.6 Å². The lowest BCUT2D eigenvalue weighted by atomic mass is 10.1. The van der Waals surface area contributed by atoms with Crippen molar-refractivity contribution in [3.05, 3.63) is 69.8 Å². The molecular formula is C18H18N2O5S. The molecule has 0 aliphatic carbocycles. The van der Waals surface area contributed by atoms with Crippen molar-refractivity contribution in [3.63, 3.8) is 0 Å². The van der Waals surface area contributed by atoms with E-state index in [1.807, 2.05) is 0 Å². The fraction of sp³-hybridized carbons (Fsp3) is 0.278. The lowest BCUT2D eigenvalue weighted by molar-refractivity contribution is -0.385. The van der Waals surface area contributed by atoms with Crippen molar-refractivity contribution in [2.75, 3.05) is 13.1 Å². The van der Waals surface area contributed by atoms with Crippen LogP contribution in [-0.4, -0.2) is 42.5 Å². The first kappa shape index (κ1) is 18.1. The molecule has 7 nitrogen and oxygen atoms in total. The fourth-order valence-corrected chi connectivity index (χ4v) is 4.86. The zero-order valence-electron chi connectivity index (χ0n) is 14.2. The van der Waals surface area contributed by atoms with Crippen LogP contribution in [0.5, 0.6) is 0 Å². The van der Waals surface area contributed by atoms with E-state index < -0.39 is 20.0 Å². The highest BCUT2D eigenvalue weighted by Crippen LogP contribution is 2.26. The quantitative estimate of drug-likeness (QED) is 0.605. The number of likely N-dealkylation sites (tertiary alicyclic amines) is 1. The van der Waals surface area contributed by atoms with Gasteiger partial charge in [-0.15, -0.1) is 0 Å². The number of hydrogen-bond acceptors (Lipinski definition) is 5. The second kappa shape index (κ2) is 6.87. The molecule has 1 aliphatic heterocycles. The Morgan fingerprint density at radius 2 is 1.88 bits per heavy atom. The molecular weight excluding hydrogens is 356 g/mol. The molecule has 0 spiro atoms. The Hall–Kier alpha value is -2.74. The lowest BCUT2D eigenvalue weighted by Gasteiger charge is -2.17. The van der Waals surface area contributed by atoms with Crippen LogP contribution in [0.3, 0.4) is 0 Å². The first-order valence-corrected chi connectivity index (χ1v) is 9.68. The standard InChI is InChI=1S/C18H18N2O5S/c1-13-11-14(7-8-17(13)20(22)23)18(21)19-10-9-16(12-19)26(24,25)15-5-3-2-4-6-15/h2-8,11,16H,9-10,12H2,1H3. The van der Waals surface area contributed by atoms with Crippen LogP contribution >= 0.6 is 0 Å². The fourth-order valence-electron chi connectivity index (χ4n) is 3.14. The number of rotatable bonds is 4. The van der Waals surface area contributed by atoms with Crippen LogP contribution in [0.25, 0.3) is 0 Å². The van der Waals surface area contributed by atoms with Crippen molar-refractivity contribution in [1.82, 2.24) is 4.90 Å². The maximum atomic E-state index is 12.7. The van der Waals surface area contributed by atoms with Gasteiger partial charge in [-0.3, -0.25) is 14.9 Å². The van der Waals surface area contributed by atoms with Crippen molar-refractivity contribution in [1.29, 1.82) is 0 Å². The van der Waals surface area contributed by atoms with Gasteiger partial charge in [0.05, 0.1) is 15.1 Å². The van der Waals surface area contributed by atoms with Gasteiger partial charge < -0.3 is 4.90 Å². The zero-order valence-corrected chi connectivity index (χ0v) is 15.0. The maximum absolute atomic E-state index is 12.7. The summed E-state index contributed by atoms with van der Waals surface area (Å²) in [6, 6.07) is 12.4. The Morgan fingerprint density at radius 3 is 2.50 bits per heavy atom. The Balaban J connectivity index is 1.78. The largest absolute Gasteiger partial charge is 0.337 e. The van der Waals surface area contributed by atoms with Gasteiger partial charge in [0.25, 0.3) is 11.6 Å². The number of nitro groups is 1. The van der Waals surface area contributed by atoms with Crippen LogP contribution in [0, 0.1) is 17.0 Å². The number of benzene rings is 2. The molecule has 2 aromatic rings. The molecule has 136 valence electrons. The Morgan fingerprint density at radius 1 is 1.19 bits per heavy atom. The number of carbonyl (C=O) groups is 1. The summed E-state index contributed by atoms with van der Waals surface area (Å²) in [5.74, 6) is -0.311. The molecule has 1 heterocycles. The van der Waals surface area contributed by atoms with E-state index in [4.69, 9.17) is 0 Å². The monoisotopic (exact) mass is 374 g/mol. The van der Waals surface area contributed by atoms with Crippen LogP contribution in [0.4, 0.5) is 5.69 Å². The minimum Gasteiger partial charge on any atom is -0.337 e. The van der Waals surface area contributed by atoms with Crippen molar-refractivity contribution in [2.24, 2.45) is 0 Å². The first-order chi connectivity index (χ1) is 12.3. The third-order valence-electron chi connectivity index (χ3n) is 4.58. The van der Waals surface area contributed by atoms with Crippen LogP contribution < -0.4 is 0 Å². The summed E-state index contributed by atoms with van der Waals surface area (Å²) in [7, 11) is -3.50. The average Bonchev–Trinajstić information content (AvgIpc) is 3.12. The predicted molar refractivity (Wildman–Crippen MR) is 95.8 cm³/mol. The number of aryl methyl sites for hydroxylation is 1. The molecule has 3 rings (SSSR count). The topological polar surface area (TPSA) is 97.6 Å². The number of amides is 1. The van der Waals surface area contributed by atoms with Crippen LogP contribution in [-0.2, 0) is 9.84 Å². The van der Waals surface area contributed by atoms with Crippen molar-refractivity contribution in [2.45, 2.75) is 23.5 Å². The number of sulfone groups is 1. The van der Waals surface area contributed by atoms with Gasteiger partial charge in [-0.25, -0.2) is 8.42 Å². The lowest BCUT2D eigenvalue weighted by Crippen LogP contribution is -2.32. The summed E-state index contributed by atoms with van der Waals surface area (Å²) in [5, 5.41) is 10.2. The van der Waals surface area contributed by atoms with E-state index in [1.54, 1.807) is 37.3 Å². The summed E-state index contributed by atoms with van der Waals surface area (Å²) in [5.41, 5.74) is 0.673. The average molecular weight is 374 g/mol. The predicted octanol–water partition coefficient (Wildman–Crippen LogP) is 2.59. The number of carbonyl (C=O) groups excluding carboxylic acids is 1. The highest BCUT2D eigenvalue weighted by molar-refractivity contribution is 7.92. The first-order valence-electron chi connectivity index (χ1n) is 8.14. The van der Waals surface area contributed by atoms with Gasteiger partial charge in [-0.2, -0.15) is 0 Å². The summed E-state index contributed by atoms with van der Waals surface area (Å²) >= 11 is 0. The van der Waals surface area contributed by atoms with Crippen LogP contribution in [0.15, 0.2) is 53.4 Å². The second-order valence-corrected chi connectivity index (χ2v) is 8.51. The van der Waals surface area contributed by atoms with E-state index in [1.165, 1.54) is 23.1 Å². The van der Waals surface area contributed by atoms with Gasteiger partial charge in [0, 0.05) is 30.3 Å². The molecule has 0 radical (unpaired) electrons. The van der Waals surface area contributed by atoms with E-state index in [2.05, 4.69) is 0 Å². The van der Waals surface area contributed by atoms with E-state index in [9.17, 15) is 23.3 Å². The van der Waals surface area contributed by atoms with E-state index in [0.717, 1.165) is 0 Å². The smallest absolute Gasteiger partial charge is 0.272 e. The minimum atomic E-state index is -3.50.